The van der Waals surface area contributed by atoms with E-state index in [1.54, 1.807) is 18.2 Å². The van der Waals surface area contributed by atoms with Gasteiger partial charge >= 0.3 is 5.97 Å². The van der Waals surface area contributed by atoms with Crippen LogP contribution >= 0.6 is 0 Å². The quantitative estimate of drug-likeness (QED) is 0.888. The number of carboxylic acids is 1. The highest BCUT2D eigenvalue weighted by Gasteiger charge is 2.38. The Balaban J connectivity index is 1.75. The summed E-state index contributed by atoms with van der Waals surface area (Å²) >= 11 is 0. The maximum absolute atomic E-state index is 12.5. The molecule has 2 aliphatic heterocycles. The largest absolute Gasteiger partial charge is 0.485 e. The summed E-state index contributed by atoms with van der Waals surface area (Å²) in [5, 5.41) is 9.25. The number of fused-ring (bicyclic) bond motifs is 1. The second-order valence-corrected chi connectivity index (χ2v) is 5.25. The van der Waals surface area contributed by atoms with Crippen LogP contribution in [0, 0.1) is 0 Å². The SMILES string of the molecule is O=C(O)C1CCCCN1C(=O)C1COc2ccccc2O1. The molecule has 6 heteroatoms. The molecule has 2 aliphatic rings. The molecule has 0 radical (unpaired) electrons. The van der Waals surface area contributed by atoms with Crippen LogP contribution in [0.2, 0.25) is 0 Å². The van der Waals surface area contributed by atoms with Crippen molar-refractivity contribution in [1.82, 2.24) is 4.90 Å². The van der Waals surface area contributed by atoms with Crippen LogP contribution in [-0.2, 0) is 9.59 Å². The topological polar surface area (TPSA) is 76.1 Å². The van der Waals surface area contributed by atoms with E-state index in [1.165, 1.54) is 4.90 Å². The van der Waals surface area contributed by atoms with Gasteiger partial charge in [-0.1, -0.05) is 12.1 Å². The molecule has 1 aromatic carbocycles. The lowest BCUT2D eigenvalue weighted by molar-refractivity contribution is -0.156. The van der Waals surface area contributed by atoms with Crippen molar-refractivity contribution in [2.75, 3.05) is 13.2 Å². The maximum Gasteiger partial charge on any atom is 0.326 e. The number of benzene rings is 1. The number of para-hydroxylation sites is 2. The van der Waals surface area contributed by atoms with Gasteiger partial charge in [0.2, 0.25) is 6.10 Å². The normalized spacial score (nSPS) is 24.5. The van der Waals surface area contributed by atoms with E-state index < -0.39 is 18.1 Å². The number of aliphatic carboxylic acids is 1. The predicted molar refractivity (Wildman–Crippen MR) is 73.3 cm³/mol. The number of nitrogens with zero attached hydrogens (tertiary/aromatic N) is 1. The molecule has 3 rings (SSSR count). The number of carbonyl (C=O) groups excluding carboxylic acids is 1. The molecule has 1 N–H and O–H groups in total. The predicted octanol–water partition coefficient (Wildman–Crippen LogP) is 1.29. The Kier molecular flexibility index (Phi) is 3.68. The van der Waals surface area contributed by atoms with Crippen molar-refractivity contribution in [2.45, 2.75) is 31.4 Å². The first-order chi connectivity index (χ1) is 10.2. The molecule has 2 heterocycles. The molecular weight excluding hydrogens is 274 g/mol. The number of amides is 1. The molecule has 0 aromatic heterocycles. The summed E-state index contributed by atoms with van der Waals surface area (Å²) in [5.41, 5.74) is 0. The van der Waals surface area contributed by atoms with Crippen molar-refractivity contribution in [3.8, 4) is 11.5 Å². The first-order valence-electron chi connectivity index (χ1n) is 7.08. The molecule has 0 saturated carbocycles. The number of hydrogen-bond donors (Lipinski definition) is 1. The molecule has 6 nitrogen and oxygen atoms in total. The van der Waals surface area contributed by atoms with Gasteiger partial charge < -0.3 is 19.5 Å². The van der Waals surface area contributed by atoms with Gasteiger partial charge in [-0.3, -0.25) is 4.79 Å². The third-order valence-corrected chi connectivity index (χ3v) is 3.85. The van der Waals surface area contributed by atoms with Crippen LogP contribution in [-0.4, -0.2) is 47.2 Å². The Morgan fingerprint density at radius 2 is 1.95 bits per heavy atom. The summed E-state index contributed by atoms with van der Waals surface area (Å²) in [6.45, 7) is 0.565. The molecule has 21 heavy (non-hydrogen) atoms. The van der Waals surface area contributed by atoms with Crippen molar-refractivity contribution in [3.05, 3.63) is 24.3 Å². The van der Waals surface area contributed by atoms with Gasteiger partial charge in [0, 0.05) is 6.54 Å². The lowest BCUT2D eigenvalue weighted by atomic mass is 10.0. The Bertz CT molecular complexity index is 559. The standard InChI is InChI=1S/C15H17NO5/c17-14(16-8-4-3-5-10(16)15(18)19)13-9-20-11-6-1-2-7-12(11)21-13/h1-2,6-7,10,13H,3-5,8-9H2,(H,18,19). The Morgan fingerprint density at radius 3 is 2.71 bits per heavy atom. The second kappa shape index (κ2) is 5.63. The van der Waals surface area contributed by atoms with Crippen LogP contribution in [0.15, 0.2) is 24.3 Å². The minimum atomic E-state index is -0.958. The fraction of sp³-hybridized carbons (Fsp3) is 0.467. The highest BCUT2D eigenvalue weighted by molar-refractivity contribution is 5.87. The van der Waals surface area contributed by atoms with Crippen molar-refractivity contribution in [1.29, 1.82) is 0 Å². The minimum absolute atomic E-state index is 0.110. The number of carbonyl (C=O) groups is 2. The van der Waals surface area contributed by atoms with E-state index in [4.69, 9.17) is 9.47 Å². The molecule has 2 atom stereocenters. The summed E-state index contributed by atoms with van der Waals surface area (Å²) in [4.78, 5) is 25.2. The highest BCUT2D eigenvalue weighted by Crippen LogP contribution is 2.32. The molecular formula is C15H17NO5. The molecule has 0 spiro atoms. The number of likely N-dealkylation sites (tertiary alicyclic amines) is 1. The van der Waals surface area contributed by atoms with Gasteiger partial charge in [0.05, 0.1) is 0 Å². The summed E-state index contributed by atoms with van der Waals surface area (Å²) < 4.78 is 11.2. The molecule has 1 saturated heterocycles. The van der Waals surface area contributed by atoms with Crippen molar-refractivity contribution in [2.24, 2.45) is 0 Å². The Morgan fingerprint density at radius 1 is 1.19 bits per heavy atom. The summed E-state index contributed by atoms with van der Waals surface area (Å²) in [6, 6.07) is 6.38. The fourth-order valence-electron chi connectivity index (χ4n) is 2.78. The highest BCUT2D eigenvalue weighted by atomic mass is 16.6. The van der Waals surface area contributed by atoms with Gasteiger partial charge in [0.25, 0.3) is 5.91 Å². The Labute approximate surface area is 122 Å². The molecule has 0 bridgehead atoms. The van der Waals surface area contributed by atoms with Crippen LogP contribution < -0.4 is 9.47 Å². The van der Waals surface area contributed by atoms with E-state index in [9.17, 15) is 14.7 Å². The van der Waals surface area contributed by atoms with E-state index >= 15 is 0 Å². The van der Waals surface area contributed by atoms with Crippen molar-refractivity contribution in [3.63, 3.8) is 0 Å². The summed E-state index contributed by atoms with van der Waals surface area (Å²) in [6.07, 6.45) is 1.36. The number of piperidine rings is 1. The van der Waals surface area contributed by atoms with Gasteiger partial charge in [-0.15, -0.1) is 0 Å². The summed E-state index contributed by atoms with van der Waals surface area (Å²) in [7, 11) is 0. The lowest BCUT2D eigenvalue weighted by Gasteiger charge is -2.36. The third kappa shape index (κ3) is 2.66. The van der Waals surface area contributed by atoms with E-state index in [1.807, 2.05) is 6.07 Å². The molecule has 1 amide bonds. The first kappa shape index (κ1) is 13.7. The molecule has 2 unspecified atom stereocenters. The van der Waals surface area contributed by atoms with Gasteiger partial charge in [0.1, 0.15) is 12.6 Å². The molecule has 1 fully saturated rings. The van der Waals surface area contributed by atoms with E-state index in [2.05, 4.69) is 0 Å². The average Bonchev–Trinajstić information content (AvgIpc) is 2.53. The van der Waals surface area contributed by atoms with Gasteiger partial charge in [-0.25, -0.2) is 4.79 Å². The lowest BCUT2D eigenvalue weighted by Crippen LogP contribution is -2.54. The number of carboxylic acid groups (broad SMARTS) is 1. The van der Waals surface area contributed by atoms with Gasteiger partial charge in [-0.05, 0) is 31.4 Å². The average molecular weight is 291 g/mol. The van der Waals surface area contributed by atoms with Crippen LogP contribution in [0.1, 0.15) is 19.3 Å². The molecule has 1 aromatic rings. The van der Waals surface area contributed by atoms with Crippen LogP contribution in [0.5, 0.6) is 11.5 Å². The Hall–Kier alpha value is -2.24. The molecule has 112 valence electrons. The zero-order valence-corrected chi connectivity index (χ0v) is 11.5. The van der Waals surface area contributed by atoms with Crippen LogP contribution in [0.3, 0.4) is 0 Å². The fourth-order valence-corrected chi connectivity index (χ4v) is 2.78. The van der Waals surface area contributed by atoms with Crippen LogP contribution in [0.4, 0.5) is 0 Å². The molecule has 0 aliphatic carbocycles. The third-order valence-electron chi connectivity index (χ3n) is 3.85. The first-order valence-corrected chi connectivity index (χ1v) is 7.08. The van der Waals surface area contributed by atoms with E-state index in [0.717, 1.165) is 12.8 Å². The summed E-state index contributed by atoms with van der Waals surface area (Å²) in [5.74, 6) is -0.141. The van der Waals surface area contributed by atoms with Gasteiger partial charge in [0.15, 0.2) is 11.5 Å². The van der Waals surface area contributed by atoms with Crippen molar-refractivity contribution >= 4 is 11.9 Å². The number of ether oxygens (including phenoxy) is 2. The van der Waals surface area contributed by atoms with E-state index in [0.29, 0.717) is 24.5 Å². The zero-order valence-electron chi connectivity index (χ0n) is 11.5. The zero-order chi connectivity index (χ0) is 14.8. The van der Waals surface area contributed by atoms with Crippen LogP contribution in [0.25, 0.3) is 0 Å². The number of hydrogen-bond acceptors (Lipinski definition) is 4. The van der Waals surface area contributed by atoms with E-state index in [-0.39, 0.29) is 12.5 Å². The second-order valence-electron chi connectivity index (χ2n) is 5.25. The monoisotopic (exact) mass is 291 g/mol. The van der Waals surface area contributed by atoms with Crippen molar-refractivity contribution < 1.29 is 24.2 Å². The minimum Gasteiger partial charge on any atom is -0.485 e. The maximum atomic E-state index is 12.5. The van der Waals surface area contributed by atoms with Gasteiger partial charge in [-0.2, -0.15) is 0 Å². The number of rotatable bonds is 2. The smallest absolute Gasteiger partial charge is 0.326 e.